The monoisotopic (exact) mass is 367 g/mol. The van der Waals surface area contributed by atoms with Gasteiger partial charge in [0.1, 0.15) is 12.3 Å². The Morgan fingerprint density at radius 3 is 2.67 bits per heavy atom. The molecule has 3 aliphatic rings. The molecular formula is C21H23N2O4+. The highest BCUT2D eigenvalue weighted by Gasteiger charge is 2.26. The third kappa shape index (κ3) is 3.21. The molecular weight excluding hydrogens is 344 g/mol. The molecule has 0 unspecified atom stereocenters. The number of nitrogens with zero attached hydrogens (tertiary/aromatic N) is 1. The van der Waals surface area contributed by atoms with Crippen molar-refractivity contribution in [2.24, 2.45) is 0 Å². The van der Waals surface area contributed by atoms with Gasteiger partial charge in [-0.05, 0) is 42.0 Å². The van der Waals surface area contributed by atoms with Crippen LogP contribution in [0.25, 0.3) is 0 Å². The summed E-state index contributed by atoms with van der Waals surface area (Å²) in [4.78, 5) is 16.3. The maximum Gasteiger partial charge on any atom is 0.254 e. The average Bonchev–Trinajstić information content (AvgIpc) is 3.36. The summed E-state index contributed by atoms with van der Waals surface area (Å²) in [6, 6.07) is 12.0. The summed E-state index contributed by atoms with van der Waals surface area (Å²) in [6.45, 7) is 5.50. The highest BCUT2D eigenvalue weighted by molar-refractivity contribution is 5.95. The van der Waals surface area contributed by atoms with Crippen LogP contribution in [0.15, 0.2) is 36.4 Å². The van der Waals surface area contributed by atoms with Gasteiger partial charge in [0.05, 0.1) is 32.8 Å². The number of carbonyl (C=O) groups excluding carboxylic acids is 1. The number of quaternary nitrogens is 1. The van der Waals surface area contributed by atoms with E-state index in [0.29, 0.717) is 17.1 Å². The van der Waals surface area contributed by atoms with E-state index in [4.69, 9.17) is 14.2 Å². The van der Waals surface area contributed by atoms with E-state index in [2.05, 4.69) is 18.2 Å². The molecule has 3 heterocycles. The number of ether oxygens (including phenoxy) is 3. The second kappa shape index (κ2) is 6.78. The molecule has 1 amide bonds. The van der Waals surface area contributed by atoms with E-state index in [9.17, 15) is 4.79 Å². The zero-order valence-electron chi connectivity index (χ0n) is 15.2. The summed E-state index contributed by atoms with van der Waals surface area (Å²) in [5.41, 5.74) is 3.34. The molecule has 2 aromatic carbocycles. The van der Waals surface area contributed by atoms with Gasteiger partial charge >= 0.3 is 0 Å². The molecule has 0 aromatic heterocycles. The first kappa shape index (κ1) is 16.4. The van der Waals surface area contributed by atoms with Crippen molar-refractivity contribution in [1.82, 2.24) is 4.90 Å². The molecule has 6 nitrogen and oxygen atoms in total. The molecule has 3 aliphatic heterocycles. The molecule has 1 N–H and O–H groups in total. The number of nitrogens with one attached hydrogen (secondary N) is 1. The molecule has 6 heteroatoms. The van der Waals surface area contributed by atoms with Gasteiger partial charge in [-0.2, -0.15) is 0 Å². The first-order valence-electron chi connectivity index (χ1n) is 9.53. The Morgan fingerprint density at radius 2 is 1.78 bits per heavy atom. The quantitative estimate of drug-likeness (QED) is 0.876. The van der Waals surface area contributed by atoms with E-state index in [1.54, 1.807) is 6.07 Å². The minimum Gasteiger partial charge on any atom is -0.493 e. The number of amides is 1. The van der Waals surface area contributed by atoms with Gasteiger partial charge < -0.3 is 24.0 Å². The minimum absolute atomic E-state index is 0.0713. The zero-order chi connectivity index (χ0) is 18.2. The Kier molecular flexibility index (Phi) is 4.13. The van der Waals surface area contributed by atoms with Crippen molar-refractivity contribution in [1.29, 1.82) is 0 Å². The van der Waals surface area contributed by atoms with Gasteiger partial charge in [-0.25, -0.2) is 0 Å². The number of piperazine rings is 1. The van der Waals surface area contributed by atoms with Gasteiger partial charge in [-0.15, -0.1) is 0 Å². The fraction of sp³-hybridized carbons (Fsp3) is 0.381. The van der Waals surface area contributed by atoms with Gasteiger partial charge in [-0.1, -0.05) is 0 Å². The highest BCUT2D eigenvalue weighted by atomic mass is 16.7. The molecule has 0 saturated carbocycles. The molecule has 27 heavy (non-hydrogen) atoms. The average molecular weight is 367 g/mol. The number of carbonyl (C=O) groups is 1. The first-order valence-corrected chi connectivity index (χ1v) is 9.53. The molecule has 0 atom stereocenters. The van der Waals surface area contributed by atoms with E-state index in [1.165, 1.54) is 16.0 Å². The second-order valence-corrected chi connectivity index (χ2v) is 7.33. The lowest BCUT2D eigenvalue weighted by Gasteiger charge is -2.32. The second-order valence-electron chi connectivity index (χ2n) is 7.33. The minimum atomic E-state index is 0.0713. The van der Waals surface area contributed by atoms with Crippen molar-refractivity contribution in [3.05, 3.63) is 53.1 Å². The molecule has 0 aliphatic carbocycles. The summed E-state index contributed by atoms with van der Waals surface area (Å²) in [5.74, 6) is 2.47. The van der Waals surface area contributed by atoms with Crippen molar-refractivity contribution in [2.75, 3.05) is 39.6 Å². The van der Waals surface area contributed by atoms with E-state index in [0.717, 1.165) is 51.5 Å². The van der Waals surface area contributed by atoms with Crippen LogP contribution in [0, 0.1) is 0 Å². The van der Waals surface area contributed by atoms with Gasteiger partial charge in [-0.3, -0.25) is 4.79 Å². The maximum absolute atomic E-state index is 12.8. The molecule has 5 rings (SSSR count). The molecule has 0 radical (unpaired) electrons. The normalized spacial score (nSPS) is 18.3. The molecule has 0 bridgehead atoms. The third-order valence-electron chi connectivity index (χ3n) is 5.59. The predicted octanol–water partition coefficient (Wildman–Crippen LogP) is 0.891. The fourth-order valence-electron chi connectivity index (χ4n) is 4.05. The Morgan fingerprint density at radius 1 is 0.963 bits per heavy atom. The smallest absolute Gasteiger partial charge is 0.254 e. The Balaban J connectivity index is 1.19. The highest BCUT2D eigenvalue weighted by Crippen LogP contribution is 2.32. The van der Waals surface area contributed by atoms with Crippen LogP contribution in [0.5, 0.6) is 17.2 Å². The van der Waals surface area contributed by atoms with Gasteiger partial charge in [0.2, 0.25) is 6.79 Å². The van der Waals surface area contributed by atoms with E-state index < -0.39 is 0 Å². The molecule has 1 fully saturated rings. The fourth-order valence-corrected chi connectivity index (χ4v) is 4.05. The van der Waals surface area contributed by atoms with Crippen molar-refractivity contribution in [3.8, 4) is 17.2 Å². The summed E-state index contributed by atoms with van der Waals surface area (Å²) >= 11 is 0. The number of fused-ring (bicyclic) bond motifs is 2. The van der Waals surface area contributed by atoms with E-state index >= 15 is 0 Å². The summed E-state index contributed by atoms with van der Waals surface area (Å²) in [6.07, 6.45) is 1.01. The first-order chi connectivity index (χ1) is 13.3. The van der Waals surface area contributed by atoms with Crippen LogP contribution in [0.4, 0.5) is 0 Å². The summed E-state index contributed by atoms with van der Waals surface area (Å²) < 4.78 is 16.3. The summed E-state index contributed by atoms with van der Waals surface area (Å²) in [5, 5.41) is 0. The number of rotatable bonds is 3. The van der Waals surface area contributed by atoms with Crippen LogP contribution in [-0.4, -0.2) is 50.4 Å². The van der Waals surface area contributed by atoms with Crippen LogP contribution in [0.3, 0.4) is 0 Å². The van der Waals surface area contributed by atoms with Crippen LogP contribution in [-0.2, 0) is 13.0 Å². The third-order valence-corrected chi connectivity index (χ3v) is 5.59. The van der Waals surface area contributed by atoms with Gasteiger partial charge in [0, 0.05) is 17.5 Å². The Labute approximate surface area is 158 Å². The van der Waals surface area contributed by atoms with Crippen LogP contribution in [0.2, 0.25) is 0 Å². The van der Waals surface area contributed by atoms with E-state index in [-0.39, 0.29) is 12.7 Å². The predicted molar refractivity (Wildman–Crippen MR) is 98.5 cm³/mol. The van der Waals surface area contributed by atoms with Gasteiger partial charge in [0.15, 0.2) is 11.5 Å². The Hall–Kier alpha value is -2.73. The van der Waals surface area contributed by atoms with Crippen molar-refractivity contribution >= 4 is 5.91 Å². The number of benzene rings is 2. The van der Waals surface area contributed by atoms with Crippen molar-refractivity contribution in [2.45, 2.75) is 13.0 Å². The van der Waals surface area contributed by atoms with Crippen molar-refractivity contribution < 1.29 is 23.9 Å². The van der Waals surface area contributed by atoms with Crippen LogP contribution < -0.4 is 19.1 Å². The van der Waals surface area contributed by atoms with Crippen LogP contribution >= 0.6 is 0 Å². The SMILES string of the molecule is O=C(c1ccc2c(c1)OCO2)N1CC[NH+](Cc2ccc3c(c2)CCO3)CC1. The molecule has 0 spiro atoms. The molecule has 1 saturated heterocycles. The lowest BCUT2D eigenvalue weighted by molar-refractivity contribution is -0.917. The number of hydrogen-bond donors (Lipinski definition) is 1. The largest absolute Gasteiger partial charge is 0.493 e. The number of hydrogen-bond acceptors (Lipinski definition) is 4. The standard InChI is InChI=1S/C21H22N2O4/c24-21(17-2-4-19-20(12-17)27-14-26-19)23-8-6-22(7-9-23)13-15-1-3-18-16(11-15)5-10-25-18/h1-4,11-12H,5-10,13-14H2/p+1. The van der Waals surface area contributed by atoms with Gasteiger partial charge in [0.25, 0.3) is 5.91 Å². The van der Waals surface area contributed by atoms with Crippen molar-refractivity contribution in [3.63, 3.8) is 0 Å². The zero-order valence-corrected chi connectivity index (χ0v) is 15.2. The Bertz CT molecular complexity index is 874. The lowest BCUT2D eigenvalue weighted by Crippen LogP contribution is -3.13. The van der Waals surface area contributed by atoms with E-state index in [1.807, 2.05) is 17.0 Å². The lowest BCUT2D eigenvalue weighted by atomic mass is 10.1. The topological polar surface area (TPSA) is 52.4 Å². The summed E-state index contributed by atoms with van der Waals surface area (Å²) in [7, 11) is 0. The molecule has 2 aromatic rings. The molecule has 140 valence electrons. The van der Waals surface area contributed by atoms with Crippen LogP contribution in [0.1, 0.15) is 21.5 Å². The maximum atomic E-state index is 12.8.